The predicted octanol–water partition coefficient (Wildman–Crippen LogP) is 2.29. The molecule has 0 heterocycles. The molecule has 0 aliphatic carbocycles. The van der Waals surface area contributed by atoms with Crippen LogP contribution in [0.2, 0.25) is 0 Å². The topological polar surface area (TPSA) is 46.2 Å². The largest absolute Gasteiger partial charge is 0.240 e. The SMILES string of the molecule is Cc1ccccc1S(=O)(=O)NCCC(C)Cl. The van der Waals surface area contributed by atoms with Crippen molar-refractivity contribution in [3.63, 3.8) is 0 Å². The monoisotopic (exact) mass is 261 g/mol. The number of sulfonamides is 1. The molecule has 0 aliphatic heterocycles. The summed E-state index contributed by atoms with van der Waals surface area (Å²) in [5.41, 5.74) is 0.744. The molecule has 0 bridgehead atoms. The summed E-state index contributed by atoms with van der Waals surface area (Å²) in [4.78, 5) is 0.331. The van der Waals surface area contributed by atoms with Crippen molar-refractivity contribution < 1.29 is 8.42 Å². The molecule has 0 spiro atoms. The first-order valence-corrected chi connectivity index (χ1v) is 7.05. The average Bonchev–Trinajstić information content (AvgIpc) is 2.17. The van der Waals surface area contributed by atoms with Crippen molar-refractivity contribution in [1.82, 2.24) is 4.72 Å². The Kier molecular flexibility index (Phi) is 4.77. The normalized spacial score (nSPS) is 13.7. The van der Waals surface area contributed by atoms with E-state index in [-0.39, 0.29) is 5.38 Å². The van der Waals surface area contributed by atoms with Crippen molar-refractivity contribution in [3.05, 3.63) is 29.8 Å². The van der Waals surface area contributed by atoms with Gasteiger partial charge in [-0.2, -0.15) is 0 Å². The van der Waals surface area contributed by atoms with Gasteiger partial charge in [-0.25, -0.2) is 13.1 Å². The van der Waals surface area contributed by atoms with Crippen LogP contribution < -0.4 is 4.72 Å². The van der Waals surface area contributed by atoms with Crippen molar-refractivity contribution >= 4 is 21.6 Å². The smallest absolute Gasteiger partial charge is 0.211 e. The van der Waals surface area contributed by atoms with Crippen molar-refractivity contribution in [1.29, 1.82) is 0 Å². The number of hydrogen-bond acceptors (Lipinski definition) is 2. The Balaban J connectivity index is 2.75. The summed E-state index contributed by atoms with van der Waals surface area (Å²) in [6.45, 7) is 3.98. The van der Waals surface area contributed by atoms with E-state index in [9.17, 15) is 8.42 Å². The first-order chi connectivity index (χ1) is 7.43. The number of benzene rings is 1. The van der Waals surface area contributed by atoms with Crippen LogP contribution in [0.3, 0.4) is 0 Å². The lowest BCUT2D eigenvalue weighted by Gasteiger charge is -2.09. The van der Waals surface area contributed by atoms with E-state index in [0.29, 0.717) is 17.9 Å². The number of aryl methyl sites for hydroxylation is 1. The Morgan fingerprint density at radius 3 is 2.56 bits per heavy atom. The van der Waals surface area contributed by atoms with Gasteiger partial charge >= 0.3 is 0 Å². The Labute approximate surface area is 102 Å². The molecule has 16 heavy (non-hydrogen) atoms. The van der Waals surface area contributed by atoms with Gasteiger partial charge in [-0.1, -0.05) is 18.2 Å². The van der Waals surface area contributed by atoms with Gasteiger partial charge in [0, 0.05) is 11.9 Å². The van der Waals surface area contributed by atoms with Crippen LogP contribution in [0.15, 0.2) is 29.2 Å². The molecular weight excluding hydrogens is 246 g/mol. The second kappa shape index (κ2) is 5.66. The number of alkyl halides is 1. The van der Waals surface area contributed by atoms with Crippen LogP contribution in [0.5, 0.6) is 0 Å². The van der Waals surface area contributed by atoms with E-state index in [1.807, 2.05) is 13.0 Å². The zero-order chi connectivity index (χ0) is 12.2. The summed E-state index contributed by atoms with van der Waals surface area (Å²) in [6.07, 6.45) is 0.618. The maximum atomic E-state index is 11.9. The minimum Gasteiger partial charge on any atom is -0.211 e. The fraction of sp³-hybridized carbons (Fsp3) is 0.455. The lowest BCUT2D eigenvalue weighted by Crippen LogP contribution is -2.26. The number of nitrogens with one attached hydrogen (secondary N) is 1. The van der Waals surface area contributed by atoms with Crippen LogP contribution in [0, 0.1) is 6.92 Å². The molecule has 0 aromatic heterocycles. The van der Waals surface area contributed by atoms with Gasteiger partial charge < -0.3 is 0 Å². The third-order valence-corrected chi connectivity index (χ3v) is 4.06. The van der Waals surface area contributed by atoms with Gasteiger partial charge in [-0.3, -0.25) is 0 Å². The summed E-state index contributed by atoms with van der Waals surface area (Å²) in [6, 6.07) is 6.90. The number of halogens is 1. The average molecular weight is 262 g/mol. The molecular formula is C11H16ClNO2S. The second-order valence-electron chi connectivity index (χ2n) is 3.73. The fourth-order valence-electron chi connectivity index (χ4n) is 1.33. The predicted molar refractivity (Wildman–Crippen MR) is 66.3 cm³/mol. The Morgan fingerprint density at radius 2 is 2.00 bits per heavy atom. The van der Waals surface area contributed by atoms with Crippen LogP contribution in [0.25, 0.3) is 0 Å². The van der Waals surface area contributed by atoms with E-state index in [0.717, 1.165) is 5.56 Å². The minimum atomic E-state index is -3.40. The molecule has 5 heteroatoms. The van der Waals surface area contributed by atoms with E-state index in [2.05, 4.69) is 4.72 Å². The summed E-state index contributed by atoms with van der Waals surface area (Å²) in [5.74, 6) is 0. The summed E-state index contributed by atoms with van der Waals surface area (Å²) in [7, 11) is -3.40. The lowest BCUT2D eigenvalue weighted by atomic mass is 10.2. The number of rotatable bonds is 5. The van der Waals surface area contributed by atoms with Crippen molar-refractivity contribution in [2.24, 2.45) is 0 Å². The van der Waals surface area contributed by atoms with E-state index in [4.69, 9.17) is 11.6 Å². The summed E-state index contributed by atoms with van der Waals surface area (Å²) < 4.78 is 26.3. The molecule has 3 nitrogen and oxygen atoms in total. The lowest BCUT2D eigenvalue weighted by molar-refractivity contribution is 0.578. The molecule has 90 valence electrons. The van der Waals surface area contributed by atoms with Crippen molar-refractivity contribution in [3.8, 4) is 0 Å². The highest BCUT2D eigenvalue weighted by Crippen LogP contribution is 2.13. The van der Waals surface area contributed by atoms with Crippen molar-refractivity contribution in [2.75, 3.05) is 6.54 Å². The van der Waals surface area contributed by atoms with E-state index >= 15 is 0 Å². The van der Waals surface area contributed by atoms with Gasteiger partial charge in [0.15, 0.2) is 0 Å². The Bertz CT molecular complexity index is 443. The summed E-state index contributed by atoms with van der Waals surface area (Å²) >= 11 is 5.75. The number of hydrogen-bond donors (Lipinski definition) is 1. The zero-order valence-corrected chi connectivity index (χ0v) is 11.0. The van der Waals surface area contributed by atoms with E-state index in [1.165, 1.54) is 0 Å². The second-order valence-corrected chi connectivity index (χ2v) is 6.21. The van der Waals surface area contributed by atoms with E-state index in [1.54, 1.807) is 25.1 Å². The van der Waals surface area contributed by atoms with Gasteiger partial charge in [0.2, 0.25) is 10.0 Å². The van der Waals surface area contributed by atoms with E-state index < -0.39 is 10.0 Å². The molecule has 1 unspecified atom stereocenters. The summed E-state index contributed by atoms with van der Waals surface area (Å²) in [5, 5.41) is -0.0282. The molecule has 1 N–H and O–H groups in total. The molecule has 1 aromatic rings. The Morgan fingerprint density at radius 1 is 1.38 bits per heavy atom. The molecule has 0 saturated carbocycles. The highest BCUT2D eigenvalue weighted by atomic mass is 35.5. The third kappa shape index (κ3) is 3.77. The van der Waals surface area contributed by atoms with Crippen LogP contribution in [0.1, 0.15) is 18.9 Å². The molecule has 0 fully saturated rings. The molecule has 1 rings (SSSR count). The van der Waals surface area contributed by atoms with Gasteiger partial charge in [-0.05, 0) is 31.9 Å². The van der Waals surface area contributed by atoms with Crippen LogP contribution in [-0.4, -0.2) is 20.3 Å². The maximum absolute atomic E-state index is 11.9. The molecule has 1 atom stereocenters. The molecule has 1 aromatic carbocycles. The Hall–Kier alpha value is -0.580. The quantitative estimate of drug-likeness (QED) is 0.827. The van der Waals surface area contributed by atoms with Gasteiger partial charge in [0.25, 0.3) is 0 Å². The first-order valence-electron chi connectivity index (χ1n) is 5.13. The molecule has 0 radical (unpaired) electrons. The van der Waals surface area contributed by atoms with Crippen molar-refractivity contribution in [2.45, 2.75) is 30.5 Å². The van der Waals surface area contributed by atoms with Gasteiger partial charge in [-0.15, -0.1) is 11.6 Å². The maximum Gasteiger partial charge on any atom is 0.240 e. The van der Waals surface area contributed by atoms with Gasteiger partial charge in [0.1, 0.15) is 0 Å². The minimum absolute atomic E-state index is 0.0282. The highest BCUT2D eigenvalue weighted by molar-refractivity contribution is 7.89. The van der Waals surface area contributed by atoms with Crippen LogP contribution >= 0.6 is 11.6 Å². The third-order valence-electron chi connectivity index (χ3n) is 2.22. The zero-order valence-electron chi connectivity index (χ0n) is 9.40. The van der Waals surface area contributed by atoms with Crippen LogP contribution in [-0.2, 0) is 10.0 Å². The molecule has 0 saturated heterocycles. The molecule has 0 amide bonds. The standard InChI is InChI=1S/C11H16ClNO2S/c1-9-5-3-4-6-11(9)16(14,15)13-8-7-10(2)12/h3-6,10,13H,7-8H2,1-2H3. The van der Waals surface area contributed by atoms with Crippen LogP contribution in [0.4, 0.5) is 0 Å². The van der Waals surface area contributed by atoms with Gasteiger partial charge in [0.05, 0.1) is 4.90 Å². The fourth-order valence-corrected chi connectivity index (χ4v) is 2.73. The molecule has 0 aliphatic rings. The first kappa shape index (κ1) is 13.5. The highest BCUT2D eigenvalue weighted by Gasteiger charge is 2.15.